The molecule has 1 amide bonds. The average Bonchev–Trinajstić information content (AvgIpc) is 3.10. The van der Waals surface area contributed by atoms with E-state index in [1.807, 2.05) is 66.5 Å². The molecule has 4 nitrogen and oxygen atoms in total. The maximum Gasteiger partial charge on any atom is 0.291 e. The molecule has 1 heterocycles. The third kappa shape index (κ3) is 2.86. The van der Waals surface area contributed by atoms with Crippen LogP contribution in [-0.4, -0.2) is 13.0 Å². The van der Waals surface area contributed by atoms with Crippen LogP contribution in [0.1, 0.15) is 10.6 Å². The first-order valence-electron chi connectivity index (χ1n) is 6.98. The largest absolute Gasteiger partial charge is 0.459 e. The number of anilines is 3. The van der Waals surface area contributed by atoms with Gasteiger partial charge < -0.3 is 14.6 Å². The summed E-state index contributed by atoms with van der Waals surface area (Å²) in [6.07, 6.45) is 1.48. The highest BCUT2D eigenvalue weighted by Crippen LogP contribution is 2.30. The first kappa shape index (κ1) is 13.9. The summed E-state index contributed by atoms with van der Waals surface area (Å²) in [5.41, 5.74) is 2.69. The van der Waals surface area contributed by atoms with Gasteiger partial charge in [0.1, 0.15) is 0 Å². The highest BCUT2D eigenvalue weighted by atomic mass is 16.3. The molecule has 0 aliphatic heterocycles. The molecule has 1 aromatic heterocycles. The molecular weight excluding hydrogens is 276 g/mol. The Balaban J connectivity index is 1.88. The number of hydrogen-bond acceptors (Lipinski definition) is 3. The highest BCUT2D eigenvalue weighted by molar-refractivity contribution is 6.04. The van der Waals surface area contributed by atoms with Crippen molar-refractivity contribution in [1.82, 2.24) is 0 Å². The predicted molar refractivity (Wildman–Crippen MR) is 87.6 cm³/mol. The molecule has 3 aromatic rings. The molecule has 0 aliphatic carbocycles. The number of benzene rings is 2. The second-order valence-corrected chi connectivity index (χ2v) is 4.84. The van der Waals surface area contributed by atoms with Gasteiger partial charge >= 0.3 is 0 Å². The molecule has 3 rings (SSSR count). The fraction of sp³-hybridized carbons (Fsp3) is 0.0556. The Labute approximate surface area is 129 Å². The molecule has 0 spiro atoms. The first-order valence-corrected chi connectivity index (χ1v) is 6.98. The molecule has 1 N–H and O–H groups in total. The Morgan fingerprint density at radius 2 is 1.68 bits per heavy atom. The van der Waals surface area contributed by atoms with Crippen LogP contribution in [0.25, 0.3) is 0 Å². The summed E-state index contributed by atoms with van der Waals surface area (Å²) in [6, 6.07) is 21.0. The van der Waals surface area contributed by atoms with Crippen molar-refractivity contribution in [2.75, 3.05) is 17.3 Å². The van der Waals surface area contributed by atoms with E-state index in [0.717, 1.165) is 17.1 Å². The van der Waals surface area contributed by atoms with Crippen LogP contribution in [0.4, 0.5) is 17.1 Å². The number of nitrogens with zero attached hydrogens (tertiary/aromatic N) is 1. The topological polar surface area (TPSA) is 45.5 Å². The summed E-state index contributed by atoms with van der Waals surface area (Å²) in [5.74, 6) is 0.0241. The number of para-hydroxylation sites is 3. The molecule has 22 heavy (non-hydrogen) atoms. The van der Waals surface area contributed by atoms with Gasteiger partial charge in [0, 0.05) is 12.7 Å². The van der Waals surface area contributed by atoms with Crippen LogP contribution in [0, 0.1) is 0 Å². The Hall–Kier alpha value is -3.01. The van der Waals surface area contributed by atoms with Crippen molar-refractivity contribution in [3.63, 3.8) is 0 Å². The first-order chi connectivity index (χ1) is 10.8. The van der Waals surface area contributed by atoms with Crippen molar-refractivity contribution < 1.29 is 9.21 Å². The van der Waals surface area contributed by atoms with Gasteiger partial charge in [0.15, 0.2) is 5.76 Å². The monoisotopic (exact) mass is 292 g/mol. The quantitative estimate of drug-likeness (QED) is 0.779. The fourth-order valence-corrected chi connectivity index (χ4v) is 2.25. The molecule has 0 bridgehead atoms. The molecule has 4 heteroatoms. The maximum absolute atomic E-state index is 12.2. The molecule has 0 fully saturated rings. The fourth-order valence-electron chi connectivity index (χ4n) is 2.25. The van der Waals surface area contributed by atoms with E-state index in [4.69, 9.17) is 4.42 Å². The number of carbonyl (C=O) groups is 1. The van der Waals surface area contributed by atoms with E-state index < -0.39 is 0 Å². The Bertz CT molecular complexity index is 752. The van der Waals surface area contributed by atoms with E-state index in [2.05, 4.69) is 5.32 Å². The Morgan fingerprint density at radius 3 is 2.41 bits per heavy atom. The Morgan fingerprint density at radius 1 is 0.955 bits per heavy atom. The maximum atomic E-state index is 12.2. The molecule has 0 saturated carbocycles. The van der Waals surface area contributed by atoms with E-state index in [1.54, 1.807) is 12.1 Å². The lowest BCUT2D eigenvalue weighted by molar-refractivity contribution is 0.0996. The van der Waals surface area contributed by atoms with Crippen molar-refractivity contribution in [3.05, 3.63) is 78.8 Å². The normalized spacial score (nSPS) is 10.2. The number of amides is 1. The standard InChI is InChI=1S/C18H16N2O2/c1-20(14-8-3-2-4-9-14)16-11-6-5-10-15(16)19-18(21)17-12-7-13-22-17/h2-13H,1H3,(H,19,21). The van der Waals surface area contributed by atoms with Crippen LogP contribution >= 0.6 is 0 Å². The minimum Gasteiger partial charge on any atom is -0.459 e. The van der Waals surface area contributed by atoms with Gasteiger partial charge in [-0.1, -0.05) is 30.3 Å². The minimum absolute atomic E-state index is 0.265. The van der Waals surface area contributed by atoms with E-state index in [9.17, 15) is 4.79 Å². The van der Waals surface area contributed by atoms with Crippen molar-refractivity contribution in [2.24, 2.45) is 0 Å². The summed E-state index contributed by atoms with van der Waals surface area (Å²) < 4.78 is 5.13. The van der Waals surface area contributed by atoms with Gasteiger partial charge in [-0.3, -0.25) is 4.79 Å². The van der Waals surface area contributed by atoms with E-state index in [-0.39, 0.29) is 11.7 Å². The molecule has 2 aromatic carbocycles. The number of hydrogen-bond donors (Lipinski definition) is 1. The minimum atomic E-state index is -0.265. The summed E-state index contributed by atoms with van der Waals surface area (Å²) in [7, 11) is 1.97. The van der Waals surface area contributed by atoms with Gasteiger partial charge in [0.05, 0.1) is 17.6 Å². The van der Waals surface area contributed by atoms with Crippen molar-refractivity contribution in [2.45, 2.75) is 0 Å². The highest BCUT2D eigenvalue weighted by Gasteiger charge is 2.13. The van der Waals surface area contributed by atoms with Crippen LogP contribution < -0.4 is 10.2 Å². The third-order valence-electron chi connectivity index (χ3n) is 3.40. The molecular formula is C18H16N2O2. The van der Waals surface area contributed by atoms with Crippen LogP contribution in [0.15, 0.2) is 77.4 Å². The molecule has 110 valence electrons. The molecule has 0 atom stereocenters. The van der Waals surface area contributed by atoms with Gasteiger partial charge in [0.2, 0.25) is 0 Å². The van der Waals surface area contributed by atoms with Crippen LogP contribution in [-0.2, 0) is 0 Å². The van der Waals surface area contributed by atoms with Crippen molar-refractivity contribution in [3.8, 4) is 0 Å². The van der Waals surface area contributed by atoms with Gasteiger partial charge in [-0.15, -0.1) is 0 Å². The van der Waals surface area contributed by atoms with Gasteiger partial charge in [-0.25, -0.2) is 0 Å². The summed E-state index contributed by atoms with van der Waals surface area (Å²) in [5, 5.41) is 2.89. The van der Waals surface area contributed by atoms with Crippen LogP contribution in [0.2, 0.25) is 0 Å². The predicted octanol–water partition coefficient (Wildman–Crippen LogP) is 4.30. The lowest BCUT2D eigenvalue weighted by atomic mass is 10.2. The third-order valence-corrected chi connectivity index (χ3v) is 3.40. The summed E-state index contributed by atoms with van der Waals surface area (Å²) >= 11 is 0. The molecule has 0 saturated heterocycles. The zero-order valence-corrected chi connectivity index (χ0v) is 12.2. The molecule has 0 unspecified atom stereocenters. The van der Waals surface area contributed by atoms with E-state index in [1.165, 1.54) is 6.26 Å². The second kappa shape index (κ2) is 6.18. The zero-order chi connectivity index (χ0) is 15.4. The Kier molecular flexibility index (Phi) is 3.92. The lowest BCUT2D eigenvalue weighted by Gasteiger charge is -2.22. The van der Waals surface area contributed by atoms with Gasteiger partial charge in [-0.05, 0) is 36.4 Å². The summed E-state index contributed by atoms with van der Waals surface area (Å²) in [6.45, 7) is 0. The van der Waals surface area contributed by atoms with Crippen molar-refractivity contribution >= 4 is 23.0 Å². The number of rotatable bonds is 4. The number of furan rings is 1. The van der Waals surface area contributed by atoms with Crippen LogP contribution in [0.5, 0.6) is 0 Å². The van der Waals surface area contributed by atoms with E-state index in [0.29, 0.717) is 0 Å². The smallest absolute Gasteiger partial charge is 0.291 e. The number of carbonyl (C=O) groups excluding carboxylic acids is 1. The second-order valence-electron chi connectivity index (χ2n) is 4.84. The zero-order valence-electron chi connectivity index (χ0n) is 12.2. The molecule has 0 radical (unpaired) electrons. The average molecular weight is 292 g/mol. The lowest BCUT2D eigenvalue weighted by Crippen LogP contribution is -2.16. The van der Waals surface area contributed by atoms with Gasteiger partial charge in [-0.2, -0.15) is 0 Å². The van der Waals surface area contributed by atoms with Gasteiger partial charge in [0.25, 0.3) is 5.91 Å². The van der Waals surface area contributed by atoms with Crippen molar-refractivity contribution in [1.29, 1.82) is 0 Å². The molecule has 0 aliphatic rings. The van der Waals surface area contributed by atoms with E-state index >= 15 is 0 Å². The number of nitrogens with one attached hydrogen (secondary N) is 1. The SMILES string of the molecule is CN(c1ccccc1)c1ccccc1NC(=O)c1ccco1. The van der Waals surface area contributed by atoms with Crippen LogP contribution in [0.3, 0.4) is 0 Å². The summed E-state index contributed by atoms with van der Waals surface area (Å²) in [4.78, 5) is 14.2.